The molecule has 1 unspecified atom stereocenters. The summed E-state index contributed by atoms with van der Waals surface area (Å²) in [6.07, 6.45) is 1.83. The molecular formula is C9H14Cl2N4O2S. The number of hydrogen-bond donors (Lipinski definition) is 0. The number of hydrogen-bond acceptors (Lipinski definition) is 5. The summed E-state index contributed by atoms with van der Waals surface area (Å²) in [7, 11) is -3.31. The van der Waals surface area contributed by atoms with Gasteiger partial charge >= 0.3 is 0 Å². The summed E-state index contributed by atoms with van der Waals surface area (Å²) in [6.45, 7) is 3.54. The molecule has 1 aromatic rings. The fourth-order valence-electron chi connectivity index (χ4n) is 1.39. The van der Waals surface area contributed by atoms with Crippen molar-refractivity contribution in [2.75, 3.05) is 6.26 Å². The molecule has 1 heterocycles. The van der Waals surface area contributed by atoms with Crippen LogP contribution < -0.4 is 0 Å². The lowest BCUT2D eigenvalue weighted by Crippen LogP contribution is -2.29. The fraction of sp³-hybridized carbons (Fsp3) is 0.889. The molecule has 0 aliphatic heterocycles. The van der Waals surface area contributed by atoms with Crippen LogP contribution in [0.2, 0.25) is 0 Å². The van der Waals surface area contributed by atoms with Gasteiger partial charge in [-0.1, -0.05) is 0 Å². The van der Waals surface area contributed by atoms with E-state index in [1.54, 1.807) is 13.8 Å². The van der Waals surface area contributed by atoms with Gasteiger partial charge in [0.05, 0.1) is 6.54 Å². The van der Waals surface area contributed by atoms with E-state index in [-0.39, 0.29) is 11.7 Å². The van der Waals surface area contributed by atoms with Crippen molar-refractivity contribution in [1.29, 1.82) is 0 Å². The molecule has 1 saturated carbocycles. The summed E-state index contributed by atoms with van der Waals surface area (Å²) in [5.41, 5.74) is 0. The van der Waals surface area contributed by atoms with E-state index < -0.39 is 18.9 Å². The summed E-state index contributed by atoms with van der Waals surface area (Å²) in [5.74, 6) is 0.268. The van der Waals surface area contributed by atoms with E-state index in [2.05, 4.69) is 15.4 Å². The van der Waals surface area contributed by atoms with Crippen LogP contribution >= 0.6 is 23.2 Å². The van der Waals surface area contributed by atoms with Gasteiger partial charge in [0.2, 0.25) is 0 Å². The minimum atomic E-state index is -3.31. The molecule has 2 rings (SSSR count). The topological polar surface area (TPSA) is 77.7 Å². The quantitative estimate of drug-likeness (QED) is 0.779. The Morgan fingerprint density at radius 1 is 1.50 bits per heavy atom. The Morgan fingerprint density at radius 3 is 2.50 bits per heavy atom. The first-order chi connectivity index (χ1) is 8.04. The standard InChI is InChI=1S/C9H14Cl2N4O2S/c1-8(2,18(3,16)17)7-12-14-15(13-7)5-6-4-9(6,10)11/h6H,4-5H2,1-3H3. The zero-order chi connectivity index (χ0) is 13.8. The Bertz CT molecular complexity index is 567. The highest BCUT2D eigenvalue weighted by atomic mass is 35.5. The first kappa shape index (κ1) is 14.0. The van der Waals surface area contributed by atoms with Crippen molar-refractivity contribution in [3.8, 4) is 0 Å². The fourth-order valence-corrected chi connectivity index (χ4v) is 2.32. The maximum Gasteiger partial charge on any atom is 0.195 e. The second-order valence-electron chi connectivity index (χ2n) is 5.11. The smallest absolute Gasteiger partial charge is 0.195 e. The van der Waals surface area contributed by atoms with Crippen molar-refractivity contribution in [2.24, 2.45) is 5.92 Å². The number of nitrogens with zero attached hydrogens (tertiary/aromatic N) is 4. The Balaban J connectivity index is 2.16. The lowest BCUT2D eigenvalue weighted by Gasteiger charge is -2.17. The second-order valence-corrected chi connectivity index (χ2v) is 9.22. The van der Waals surface area contributed by atoms with Gasteiger partial charge < -0.3 is 0 Å². The number of rotatable bonds is 4. The monoisotopic (exact) mass is 312 g/mol. The molecule has 0 aromatic carbocycles. The summed E-state index contributed by atoms with van der Waals surface area (Å²) < 4.78 is 21.4. The van der Waals surface area contributed by atoms with Gasteiger partial charge in [-0.05, 0) is 25.5 Å². The third-order valence-electron chi connectivity index (χ3n) is 3.26. The van der Waals surface area contributed by atoms with E-state index in [9.17, 15) is 8.42 Å². The van der Waals surface area contributed by atoms with Crippen LogP contribution in [-0.4, -0.2) is 39.2 Å². The van der Waals surface area contributed by atoms with E-state index in [4.69, 9.17) is 23.2 Å². The number of tetrazole rings is 1. The Hall–Kier alpha value is -0.400. The third kappa shape index (κ3) is 2.48. The second kappa shape index (κ2) is 4.05. The van der Waals surface area contributed by atoms with E-state index in [0.717, 1.165) is 6.26 Å². The molecule has 0 spiro atoms. The van der Waals surface area contributed by atoms with Crippen LogP contribution in [0, 0.1) is 5.92 Å². The van der Waals surface area contributed by atoms with Crippen molar-refractivity contribution >= 4 is 33.0 Å². The molecule has 0 saturated heterocycles. The maximum atomic E-state index is 11.6. The van der Waals surface area contributed by atoms with Gasteiger partial charge in [-0.25, -0.2) is 8.42 Å². The van der Waals surface area contributed by atoms with E-state index in [1.165, 1.54) is 4.80 Å². The molecule has 6 nitrogen and oxygen atoms in total. The highest BCUT2D eigenvalue weighted by Gasteiger charge is 2.52. The largest absolute Gasteiger partial charge is 0.228 e. The van der Waals surface area contributed by atoms with Crippen LogP contribution in [0.25, 0.3) is 0 Å². The van der Waals surface area contributed by atoms with Gasteiger partial charge in [0, 0.05) is 12.2 Å². The van der Waals surface area contributed by atoms with Gasteiger partial charge in [0.15, 0.2) is 15.7 Å². The van der Waals surface area contributed by atoms with Crippen LogP contribution in [0.4, 0.5) is 0 Å². The van der Waals surface area contributed by atoms with Crippen molar-refractivity contribution in [3.63, 3.8) is 0 Å². The van der Waals surface area contributed by atoms with Crippen LogP contribution in [0.15, 0.2) is 0 Å². The normalized spacial score (nSPS) is 23.1. The predicted molar refractivity (Wildman–Crippen MR) is 68.2 cm³/mol. The molecule has 0 N–H and O–H groups in total. The van der Waals surface area contributed by atoms with Gasteiger partial charge in [0.1, 0.15) is 9.08 Å². The SMILES string of the molecule is CC(C)(c1nnn(CC2CC2(Cl)Cl)n1)S(C)(=O)=O. The minimum absolute atomic E-state index is 0.0872. The molecule has 0 bridgehead atoms. The van der Waals surface area contributed by atoms with Crippen molar-refractivity contribution < 1.29 is 8.42 Å². The third-order valence-corrected chi connectivity index (χ3v) is 6.22. The summed E-state index contributed by atoms with van der Waals surface area (Å²) >= 11 is 11.8. The zero-order valence-electron chi connectivity index (χ0n) is 10.3. The lowest BCUT2D eigenvalue weighted by molar-refractivity contribution is 0.478. The van der Waals surface area contributed by atoms with Gasteiger partial charge in [-0.2, -0.15) is 4.80 Å². The lowest BCUT2D eigenvalue weighted by atomic mass is 10.2. The predicted octanol–water partition coefficient (Wildman–Crippen LogP) is 1.15. The molecule has 1 fully saturated rings. The molecule has 0 radical (unpaired) electrons. The van der Waals surface area contributed by atoms with E-state index in [1.807, 2.05) is 0 Å². The molecule has 1 atom stereocenters. The Morgan fingerprint density at radius 2 is 2.06 bits per heavy atom. The Labute approximate surface area is 116 Å². The molecule has 0 amide bonds. The molecule has 102 valence electrons. The van der Waals surface area contributed by atoms with Crippen LogP contribution in [-0.2, 0) is 21.1 Å². The first-order valence-electron chi connectivity index (χ1n) is 5.40. The first-order valence-corrected chi connectivity index (χ1v) is 8.04. The average Bonchev–Trinajstić information content (AvgIpc) is 2.61. The summed E-state index contributed by atoms with van der Waals surface area (Å²) in [5, 5.41) is 11.7. The zero-order valence-corrected chi connectivity index (χ0v) is 12.6. The number of halogens is 2. The van der Waals surface area contributed by atoms with Crippen LogP contribution in [0.1, 0.15) is 26.1 Å². The molecule has 9 heteroatoms. The highest BCUT2D eigenvalue weighted by molar-refractivity contribution is 7.91. The average molecular weight is 313 g/mol. The number of alkyl halides is 2. The van der Waals surface area contributed by atoms with Gasteiger partial charge in [0.25, 0.3) is 0 Å². The van der Waals surface area contributed by atoms with Gasteiger partial charge in [-0.3, -0.25) is 0 Å². The van der Waals surface area contributed by atoms with E-state index >= 15 is 0 Å². The van der Waals surface area contributed by atoms with Crippen LogP contribution in [0.3, 0.4) is 0 Å². The number of aromatic nitrogens is 4. The molecular weight excluding hydrogens is 299 g/mol. The van der Waals surface area contributed by atoms with Crippen molar-refractivity contribution in [1.82, 2.24) is 20.2 Å². The number of sulfone groups is 1. The summed E-state index contributed by atoms with van der Waals surface area (Å²) in [4.78, 5) is 1.35. The van der Waals surface area contributed by atoms with E-state index in [0.29, 0.717) is 13.0 Å². The summed E-state index contributed by atoms with van der Waals surface area (Å²) in [6, 6.07) is 0. The minimum Gasteiger partial charge on any atom is -0.228 e. The maximum absolute atomic E-state index is 11.6. The highest BCUT2D eigenvalue weighted by Crippen LogP contribution is 2.53. The molecule has 1 aromatic heterocycles. The van der Waals surface area contributed by atoms with Crippen molar-refractivity contribution in [3.05, 3.63) is 5.82 Å². The van der Waals surface area contributed by atoms with Crippen molar-refractivity contribution in [2.45, 2.75) is 35.9 Å². The molecule has 1 aliphatic carbocycles. The molecule has 18 heavy (non-hydrogen) atoms. The van der Waals surface area contributed by atoms with Crippen LogP contribution in [0.5, 0.6) is 0 Å². The Kier molecular flexibility index (Phi) is 3.15. The van der Waals surface area contributed by atoms with Gasteiger partial charge in [-0.15, -0.1) is 33.4 Å². The molecule has 1 aliphatic rings.